The van der Waals surface area contributed by atoms with E-state index in [-0.39, 0.29) is 21.8 Å². The molecule has 1 heterocycles. The average molecular weight is 333 g/mol. The molecule has 116 valence electrons. The van der Waals surface area contributed by atoms with E-state index in [2.05, 4.69) is 10.3 Å². The second kappa shape index (κ2) is 5.81. The third-order valence-corrected chi connectivity index (χ3v) is 3.75. The van der Waals surface area contributed by atoms with Gasteiger partial charge in [-0.25, -0.2) is 9.18 Å². The second-order valence-corrected chi connectivity index (χ2v) is 5.33. The Balaban J connectivity index is 1.92. The molecule has 0 saturated carbocycles. The molecule has 0 unspecified atom stereocenters. The number of benzene rings is 2. The van der Waals surface area contributed by atoms with E-state index in [1.165, 1.54) is 24.3 Å². The van der Waals surface area contributed by atoms with Crippen molar-refractivity contribution >= 4 is 41.1 Å². The van der Waals surface area contributed by atoms with Gasteiger partial charge < -0.3 is 10.4 Å². The van der Waals surface area contributed by atoms with Crippen LogP contribution >= 0.6 is 11.6 Å². The topological polar surface area (TPSA) is 78.8 Å². The number of halogens is 2. The number of fused-ring (bicyclic) bond motifs is 1. The summed E-state index contributed by atoms with van der Waals surface area (Å²) in [5, 5.41) is 11.7. The smallest absolute Gasteiger partial charge is 0.337 e. The van der Waals surface area contributed by atoms with Crippen LogP contribution in [-0.2, 0) is 6.42 Å². The van der Waals surface area contributed by atoms with E-state index in [1.807, 2.05) is 0 Å². The van der Waals surface area contributed by atoms with Gasteiger partial charge in [0.1, 0.15) is 5.82 Å². The van der Waals surface area contributed by atoms with Crippen LogP contribution in [-0.4, -0.2) is 23.2 Å². The van der Waals surface area contributed by atoms with E-state index in [0.29, 0.717) is 17.7 Å². The number of carboxylic acids is 1. The molecule has 0 bridgehead atoms. The summed E-state index contributed by atoms with van der Waals surface area (Å²) in [6, 6.07) is 6.50. The van der Waals surface area contributed by atoms with E-state index in [4.69, 9.17) is 16.7 Å². The Kier molecular flexibility index (Phi) is 3.83. The predicted molar refractivity (Wildman–Crippen MR) is 84.6 cm³/mol. The molecule has 2 N–H and O–H groups in total. The fourth-order valence-electron chi connectivity index (χ4n) is 2.36. The molecule has 0 aromatic heterocycles. The predicted octanol–water partition coefficient (Wildman–Crippen LogP) is 3.69. The number of carboxylic acid groups (broad SMARTS) is 1. The van der Waals surface area contributed by atoms with Crippen molar-refractivity contribution in [2.24, 2.45) is 4.99 Å². The molecule has 3 rings (SSSR count). The van der Waals surface area contributed by atoms with Gasteiger partial charge in [-0.3, -0.25) is 9.79 Å². The maximum Gasteiger partial charge on any atom is 0.337 e. The molecule has 0 saturated heterocycles. The lowest BCUT2D eigenvalue weighted by Crippen LogP contribution is -2.15. The van der Waals surface area contributed by atoms with Crippen LogP contribution in [0.3, 0.4) is 0 Å². The molecule has 0 aliphatic carbocycles. The number of hydrogen-bond donors (Lipinski definition) is 2. The fraction of sp³-hybridized carbons (Fsp3) is 0.0625. The normalized spacial score (nSPS) is 12.1. The molecule has 23 heavy (non-hydrogen) atoms. The average Bonchev–Trinajstić information content (AvgIpc) is 2.96. The lowest BCUT2D eigenvalue weighted by atomic mass is 10.0. The number of rotatable bonds is 3. The minimum absolute atomic E-state index is 0.0653. The number of hydrogen-bond acceptors (Lipinski definition) is 3. The first-order chi connectivity index (χ1) is 11.0. The van der Waals surface area contributed by atoms with Crippen molar-refractivity contribution in [2.45, 2.75) is 6.42 Å². The number of carbonyl (C=O) groups is 2. The minimum Gasteiger partial charge on any atom is -0.478 e. The highest BCUT2D eigenvalue weighted by Gasteiger charge is 2.19. The van der Waals surface area contributed by atoms with Crippen molar-refractivity contribution in [1.82, 2.24) is 0 Å². The summed E-state index contributed by atoms with van der Waals surface area (Å²) in [5.41, 5.74) is 1.36. The van der Waals surface area contributed by atoms with Crippen LogP contribution in [0.25, 0.3) is 0 Å². The summed E-state index contributed by atoms with van der Waals surface area (Å²) >= 11 is 5.78. The number of aliphatic imine (C=N–C) groups is 1. The highest BCUT2D eigenvalue weighted by Crippen LogP contribution is 2.29. The van der Waals surface area contributed by atoms with Crippen LogP contribution in [0.15, 0.2) is 35.3 Å². The van der Waals surface area contributed by atoms with Gasteiger partial charge in [0.2, 0.25) is 0 Å². The van der Waals surface area contributed by atoms with Gasteiger partial charge in [0.05, 0.1) is 16.3 Å². The Hall–Kier alpha value is -2.73. The van der Waals surface area contributed by atoms with Gasteiger partial charge in [-0.1, -0.05) is 11.6 Å². The molecule has 5 nitrogen and oxygen atoms in total. The largest absolute Gasteiger partial charge is 0.478 e. The molecule has 2 aromatic carbocycles. The summed E-state index contributed by atoms with van der Waals surface area (Å²) in [4.78, 5) is 27.5. The van der Waals surface area contributed by atoms with Gasteiger partial charge in [-0.05, 0) is 35.9 Å². The summed E-state index contributed by atoms with van der Waals surface area (Å²) in [7, 11) is 0. The quantitative estimate of drug-likeness (QED) is 0.899. The monoisotopic (exact) mass is 332 g/mol. The standard InChI is InChI=1S/C16H10ClFN2O3/c17-13-2-1-9(7-12(13)16(22)23)20-15(21)11-5-8(18)6-14-10(11)3-4-19-14/h1-2,4-7H,3H2,(H,20,21)(H,22,23). The number of aromatic carboxylic acids is 1. The summed E-state index contributed by atoms with van der Waals surface area (Å²) in [6.45, 7) is 0. The molecular formula is C16H10ClFN2O3. The maximum atomic E-state index is 13.6. The van der Waals surface area contributed by atoms with Crippen LogP contribution in [0.2, 0.25) is 5.02 Å². The van der Waals surface area contributed by atoms with Crippen LogP contribution in [0.5, 0.6) is 0 Å². The first-order valence-corrected chi connectivity index (χ1v) is 7.02. The lowest BCUT2D eigenvalue weighted by molar-refractivity contribution is 0.0696. The Morgan fingerprint density at radius 1 is 1.22 bits per heavy atom. The number of anilines is 1. The van der Waals surface area contributed by atoms with Crippen LogP contribution in [0.4, 0.5) is 15.8 Å². The van der Waals surface area contributed by atoms with E-state index >= 15 is 0 Å². The van der Waals surface area contributed by atoms with Gasteiger partial charge >= 0.3 is 5.97 Å². The van der Waals surface area contributed by atoms with Crippen molar-refractivity contribution < 1.29 is 19.1 Å². The van der Waals surface area contributed by atoms with Crippen LogP contribution in [0, 0.1) is 5.82 Å². The number of amides is 1. The first kappa shape index (κ1) is 15.2. The molecule has 0 spiro atoms. The molecule has 0 radical (unpaired) electrons. The molecule has 1 amide bonds. The first-order valence-electron chi connectivity index (χ1n) is 6.65. The van der Waals surface area contributed by atoms with E-state index in [1.54, 1.807) is 6.21 Å². The number of nitrogens with one attached hydrogen (secondary N) is 1. The van der Waals surface area contributed by atoms with Gasteiger partial charge in [-0.2, -0.15) is 0 Å². The van der Waals surface area contributed by atoms with E-state index < -0.39 is 17.7 Å². The maximum absolute atomic E-state index is 13.6. The second-order valence-electron chi connectivity index (χ2n) is 4.92. The minimum atomic E-state index is -1.20. The summed E-state index contributed by atoms with van der Waals surface area (Å²) in [5.74, 6) is -2.30. The van der Waals surface area contributed by atoms with Gasteiger partial charge in [0.15, 0.2) is 0 Å². The zero-order valence-electron chi connectivity index (χ0n) is 11.6. The molecule has 1 aliphatic rings. The highest BCUT2D eigenvalue weighted by molar-refractivity contribution is 6.33. The zero-order valence-corrected chi connectivity index (χ0v) is 12.4. The Bertz CT molecular complexity index is 865. The van der Waals surface area contributed by atoms with Crippen molar-refractivity contribution in [3.05, 3.63) is 57.9 Å². The van der Waals surface area contributed by atoms with Crippen LogP contribution < -0.4 is 5.32 Å². The molecular weight excluding hydrogens is 323 g/mol. The van der Waals surface area contributed by atoms with E-state index in [9.17, 15) is 14.0 Å². The number of carbonyl (C=O) groups excluding carboxylic acids is 1. The number of nitrogens with zero attached hydrogens (tertiary/aromatic N) is 1. The van der Waals surface area contributed by atoms with Crippen molar-refractivity contribution in [1.29, 1.82) is 0 Å². The Morgan fingerprint density at radius 2 is 2.00 bits per heavy atom. The van der Waals surface area contributed by atoms with Gasteiger partial charge in [-0.15, -0.1) is 0 Å². The third-order valence-electron chi connectivity index (χ3n) is 3.42. The lowest BCUT2D eigenvalue weighted by Gasteiger charge is -2.10. The third kappa shape index (κ3) is 2.93. The summed E-state index contributed by atoms with van der Waals surface area (Å²) in [6.07, 6.45) is 2.05. The van der Waals surface area contributed by atoms with Crippen molar-refractivity contribution in [3.63, 3.8) is 0 Å². The van der Waals surface area contributed by atoms with Gasteiger partial charge in [0, 0.05) is 23.9 Å². The van der Waals surface area contributed by atoms with Crippen molar-refractivity contribution in [2.75, 3.05) is 5.32 Å². The SMILES string of the molecule is O=C(O)c1cc(NC(=O)c2cc(F)cc3c2CC=N3)ccc1Cl. The molecule has 0 fully saturated rings. The highest BCUT2D eigenvalue weighted by atomic mass is 35.5. The Labute approximate surface area is 135 Å². The van der Waals surface area contributed by atoms with Gasteiger partial charge in [0.25, 0.3) is 5.91 Å². The summed E-state index contributed by atoms with van der Waals surface area (Å²) < 4.78 is 13.6. The molecule has 7 heteroatoms. The van der Waals surface area contributed by atoms with Crippen molar-refractivity contribution in [3.8, 4) is 0 Å². The van der Waals surface area contributed by atoms with E-state index in [0.717, 1.165) is 6.07 Å². The molecule has 2 aromatic rings. The fourth-order valence-corrected chi connectivity index (χ4v) is 2.55. The molecule has 0 atom stereocenters. The molecule has 1 aliphatic heterocycles. The van der Waals surface area contributed by atoms with Crippen LogP contribution in [0.1, 0.15) is 26.3 Å². The zero-order chi connectivity index (χ0) is 16.6. The Morgan fingerprint density at radius 3 is 2.74 bits per heavy atom.